The molecule has 3 aromatic carbocycles. The van der Waals surface area contributed by atoms with E-state index in [9.17, 15) is 13.2 Å². The fraction of sp³-hybridized carbons (Fsp3) is 0.160. The Hall–Kier alpha value is -3.47. The molecule has 0 atom stereocenters. The molecule has 0 saturated heterocycles. The van der Waals surface area contributed by atoms with E-state index < -0.39 is 22.5 Å². The summed E-state index contributed by atoms with van der Waals surface area (Å²) in [5.74, 6) is 0.160. The number of methoxy groups -OCH3 is 1. The van der Waals surface area contributed by atoms with Crippen molar-refractivity contribution in [3.63, 3.8) is 0 Å². The van der Waals surface area contributed by atoms with Crippen LogP contribution in [0.3, 0.4) is 0 Å². The Labute approximate surface area is 218 Å². The zero-order chi connectivity index (χ0) is 25.9. The number of amides is 1. The van der Waals surface area contributed by atoms with Crippen molar-refractivity contribution >= 4 is 49.7 Å². The van der Waals surface area contributed by atoms with E-state index in [2.05, 4.69) is 15.5 Å². The molecule has 1 aromatic heterocycles. The van der Waals surface area contributed by atoms with Crippen molar-refractivity contribution in [2.75, 3.05) is 23.3 Å². The zero-order valence-electron chi connectivity index (χ0n) is 19.7. The third-order valence-corrected chi connectivity index (χ3v) is 8.40. The third-order valence-electron chi connectivity index (χ3n) is 5.48. The number of carbonyl (C=O) groups excluding carboxylic acids is 1. The van der Waals surface area contributed by atoms with Crippen LogP contribution in [0.2, 0.25) is 5.02 Å². The van der Waals surface area contributed by atoms with Gasteiger partial charge < -0.3 is 4.74 Å². The highest BCUT2D eigenvalue weighted by atomic mass is 35.5. The monoisotopic (exact) mass is 542 g/mol. The van der Waals surface area contributed by atoms with Gasteiger partial charge in [-0.05, 0) is 85.6 Å². The van der Waals surface area contributed by atoms with Gasteiger partial charge in [-0.1, -0.05) is 29.0 Å². The predicted octanol–water partition coefficient (Wildman–Crippen LogP) is 5.32. The summed E-state index contributed by atoms with van der Waals surface area (Å²) in [4.78, 5) is 13.0. The van der Waals surface area contributed by atoms with Crippen LogP contribution in [0.5, 0.6) is 5.75 Å². The van der Waals surface area contributed by atoms with Gasteiger partial charge in [-0.3, -0.25) is 14.4 Å². The predicted molar refractivity (Wildman–Crippen MR) is 142 cm³/mol. The van der Waals surface area contributed by atoms with E-state index in [1.165, 1.54) is 35.6 Å². The van der Waals surface area contributed by atoms with E-state index in [1.807, 2.05) is 32.0 Å². The molecule has 0 bridgehead atoms. The lowest BCUT2D eigenvalue weighted by Crippen LogP contribution is -2.38. The number of nitrogens with zero attached hydrogens (tertiary/aromatic N) is 3. The fourth-order valence-corrected chi connectivity index (χ4v) is 5.65. The smallest absolute Gasteiger partial charge is 0.264 e. The molecular weight excluding hydrogens is 520 g/mol. The number of aromatic nitrogens is 2. The van der Waals surface area contributed by atoms with Crippen LogP contribution in [-0.2, 0) is 14.8 Å². The standard InChI is InChI=1S/C25H23ClN4O4S2/c1-16-4-9-20(14-17(16)2)30(36(32,33)22-12-7-19(26)8-13-22)15-23(31)27-25-29-28-24(35-25)18-5-10-21(34-3)11-6-18/h4-14H,15H2,1-3H3,(H,27,29,31). The molecule has 0 aliphatic rings. The van der Waals surface area contributed by atoms with E-state index in [1.54, 1.807) is 31.4 Å². The second kappa shape index (κ2) is 10.7. The second-order valence-electron chi connectivity index (χ2n) is 7.92. The van der Waals surface area contributed by atoms with Gasteiger partial charge in [-0.15, -0.1) is 10.2 Å². The first-order valence-corrected chi connectivity index (χ1v) is 13.4. The first-order chi connectivity index (χ1) is 17.2. The van der Waals surface area contributed by atoms with Gasteiger partial charge in [0.05, 0.1) is 17.7 Å². The SMILES string of the molecule is COc1ccc(-c2nnc(NC(=O)CN(c3ccc(C)c(C)c3)S(=O)(=O)c3ccc(Cl)cc3)s2)cc1. The van der Waals surface area contributed by atoms with Crippen LogP contribution in [0.4, 0.5) is 10.8 Å². The molecule has 4 rings (SSSR count). The Morgan fingerprint density at radius 1 is 1.00 bits per heavy atom. The molecular formula is C25H23ClN4O4S2. The maximum Gasteiger partial charge on any atom is 0.264 e. The maximum absolute atomic E-state index is 13.5. The summed E-state index contributed by atoms with van der Waals surface area (Å²) in [5, 5.41) is 12.1. The number of ether oxygens (including phenoxy) is 1. The largest absolute Gasteiger partial charge is 0.497 e. The van der Waals surface area contributed by atoms with E-state index in [0.29, 0.717) is 21.5 Å². The Bertz CT molecular complexity index is 1490. The highest BCUT2D eigenvalue weighted by Gasteiger charge is 2.28. The van der Waals surface area contributed by atoms with Crippen molar-refractivity contribution in [2.45, 2.75) is 18.7 Å². The summed E-state index contributed by atoms with van der Waals surface area (Å²) in [6.07, 6.45) is 0. The van der Waals surface area contributed by atoms with E-state index >= 15 is 0 Å². The molecule has 1 heterocycles. The van der Waals surface area contributed by atoms with Crippen molar-refractivity contribution in [2.24, 2.45) is 0 Å². The van der Waals surface area contributed by atoms with E-state index in [0.717, 1.165) is 21.0 Å². The van der Waals surface area contributed by atoms with Crippen LogP contribution >= 0.6 is 22.9 Å². The molecule has 36 heavy (non-hydrogen) atoms. The van der Waals surface area contributed by atoms with Crippen LogP contribution < -0.4 is 14.4 Å². The van der Waals surface area contributed by atoms with Crippen molar-refractivity contribution in [1.82, 2.24) is 10.2 Å². The van der Waals surface area contributed by atoms with Crippen molar-refractivity contribution in [3.05, 3.63) is 82.9 Å². The van der Waals surface area contributed by atoms with E-state index in [-0.39, 0.29) is 10.0 Å². The molecule has 4 aromatic rings. The summed E-state index contributed by atoms with van der Waals surface area (Å²) in [7, 11) is -2.48. The van der Waals surface area contributed by atoms with Crippen molar-refractivity contribution in [1.29, 1.82) is 0 Å². The van der Waals surface area contributed by atoms with E-state index in [4.69, 9.17) is 16.3 Å². The Kier molecular flexibility index (Phi) is 7.58. The highest BCUT2D eigenvalue weighted by Crippen LogP contribution is 2.29. The fourth-order valence-electron chi connectivity index (χ4n) is 3.34. The molecule has 186 valence electrons. The average molecular weight is 543 g/mol. The normalized spacial score (nSPS) is 11.2. The number of aryl methyl sites for hydroxylation is 2. The van der Waals surface area contributed by atoms with Gasteiger partial charge >= 0.3 is 0 Å². The quantitative estimate of drug-likeness (QED) is 0.323. The molecule has 8 nitrogen and oxygen atoms in total. The van der Waals surface area contributed by atoms with Crippen LogP contribution in [0.25, 0.3) is 10.6 Å². The number of sulfonamides is 1. The lowest BCUT2D eigenvalue weighted by Gasteiger charge is -2.24. The third kappa shape index (κ3) is 5.67. The minimum atomic E-state index is -4.06. The lowest BCUT2D eigenvalue weighted by molar-refractivity contribution is -0.114. The highest BCUT2D eigenvalue weighted by molar-refractivity contribution is 7.92. The summed E-state index contributed by atoms with van der Waals surface area (Å²) >= 11 is 7.12. The number of rotatable bonds is 8. The van der Waals surface area contributed by atoms with Crippen LogP contribution in [0, 0.1) is 13.8 Å². The van der Waals surface area contributed by atoms with Gasteiger partial charge in [-0.25, -0.2) is 8.42 Å². The van der Waals surface area contributed by atoms with Gasteiger partial charge in [0, 0.05) is 10.6 Å². The van der Waals surface area contributed by atoms with Crippen molar-refractivity contribution < 1.29 is 17.9 Å². The molecule has 11 heteroatoms. The second-order valence-corrected chi connectivity index (χ2v) is 11.2. The average Bonchev–Trinajstić information content (AvgIpc) is 3.33. The van der Waals surface area contributed by atoms with Gasteiger partial charge in [0.25, 0.3) is 10.0 Å². The number of nitrogens with one attached hydrogen (secondary N) is 1. The number of carbonyl (C=O) groups is 1. The number of hydrogen-bond acceptors (Lipinski definition) is 7. The Balaban J connectivity index is 1.59. The first-order valence-electron chi connectivity index (χ1n) is 10.8. The number of anilines is 2. The van der Waals surface area contributed by atoms with Gasteiger partial charge in [0.2, 0.25) is 11.0 Å². The topological polar surface area (TPSA) is 101 Å². The minimum Gasteiger partial charge on any atom is -0.497 e. The molecule has 0 aliphatic carbocycles. The minimum absolute atomic E-state index is 0.0237. The van der Waals surface area contributed by atoms with Crippen molar-refractivity contribution in [3.8, 4) is 16.3 Å². The molecule has 1 N–H and O–H groups in total. The number of hydrogen-bond donors (Lipinski definition) is 1. The van der Waals surface area contributed by atoms with Gasteiger partial charge in [-0.2, -0.15) is 0 Å². The maximum atomic E-state index is 13.5. The summed E-state index contributed by atoms with van der Waals surface area (Å²) in [5.41, 5.74) is 3.10. The van der Waals surface area contributed by atoms with Crippen LogP contribution in [0.1, 0.15) is 11.1 Å². The molecule has 0 aliphatic heterocycles. The summed E-state index contributed by atoms with van der Waals surface area (Å²) < 4.78 is 33.3. The number of benzene rings is 3. The Morgan fingerprint density at radius 3 is 2.33 bits per heavy atom. The molecule has 0 unspecified atom stereocenters. The molecule has 1 amide bonds. The van der Waals surface area contributed by atoms with Crippen LogP contribution in [0.15, 0.2) is 71.6 Å². The molecule has 0 radical (unpaired) electrons. The molecule has 0 spiro atoms. The van der Waals surface area contributed by atoms with Gasteiger partial charge in [0.1, 0.15) is 17.3 Å². The Morgan fingerprint density at radius 2 is 1.69 bits per heavy atom. The first kappa shape index (κ1) is 25.6. The van der Waals surface area contributed by atoms with Gasteiger partial charge in [0.15, 0.2) is 0 Å². The summed E-state index contributed by atoms with van der Waals surface area (Å²) in [6.45, 7) is 3.36. The molecule has 0 saturated carbocycles. The van der Waals surface area contributed by atoms with Crippen LogP contribution in [-0.4, -0.2) is 38.2 Å². The number of halogens is 1. The molecule has 0 fully saturated rings. The lowest BCUT2D eigenvalue weighted by atomic mass is 10.1. The zero-order valence-corrected chi connectivity index (χ0v) is 22.1. The summed E-state index contributed by atoms with van der Waals surface area (Å²) in [6, 6.07) is 18.3.